The molecule has 13 heavy (non-hydrogen) atoms. The van der Waals surface area contributed by atoms with Crippen LogP contribution < -0.4 is 0 Å². The van der Waals surface area contributed by atoms with E-state index in [4.69, 9.17) is 0 Å². The Morgan fingerprint density at radius 1 is 0.923 bits per heavy atom. The van der Waals surface area contributed by atoms with E-state index in [0.29, 0.717) is 0 Å². The second-order valence-electron chi connectivity index (χ2n) is 3.34. The average molecular weight is 222 g/mol. The highest BCUT2D eigenvalue weighted by Gasteiger charge is 1.95. The van der Waals surface area contributed by atoms with Gasteiger partial charge in [0.05, 0.1) is 0 Å². The van der Waals surface area contributed by atoms with E-state index in [1.807, 2.05) is 21.6 Å². The van der Waals surface area contributed by atoms with Crippen LogP contribution in [-0.2, 0) is 0 Å². The van der Waals surface area contributed by atoms with Gasteiger partial charge in [-0.1, -0.05) is 28.5 Å². The van der Waals surface area contributed by atoms with Crippen molar-refractivity contribution in [1.29, 1.82) is 0 Å². The summed E-state index contributed by atoms with van der Waals surface area (Å²) in [4.78, 5) is 4.57. The molecule has 0 amide bonds. The second kappa shape index (κ2) is 9.19. The monoisotopic (exact) mass is 222 g/mol. The molecular weight excluding hydrogens is 200 g/mol. The number of rotatable bonds is 8. The van der Waals surface area contributed by atoms with Crippen LogP contribution in [0.3, 0.4) is 0 Å². The van der Waals surface area contributed by atoms with Gasteiger partial charge in [-0.3, -0.25) is 0 Å². The van der Waals surface area contributed by atoms with E-state index >= 15 is 0 Å². The standard InChI is InChI=1S/C9H22N2S2/c1-5-11(4)7-9-13-12-8-6-10(2)3/h5-9H2,1-4H3. The third-order valence-corrected chi connectivity index (χ3v) is 4.17. The van der Waals surface area contributed by atoms with Crippen molar-refractivity contribution in [2.75, 3.05) is 52.3 Å². The summed E-state index contributed by atoms with van der Waals surface area (Å²) in [5, 5.41) is 0. The molecule has 0 aliphatic carbocycles. The maximum absolute atomic E-state index is 2.35. The fraction of sp³-hybridized carbons (Fsp3) is 1.00. The minimum absolute atomic E-state index is 1.16. The second-order valence-corrected chi connectivity index (χ2v) is 6.05. The maximum atomic E-state index is 2.35. The fourth-order valence-corrected chi connectivity index (χ4v) is 2.90. The molecule has 0 N–H and O–H groups in total. The molecule has 0 aromatic heterocycles. The van der Waals surface area contributed by atoms with Crippen molar-refractivity contribution in [1.82, 2.24) is 9.80 Å². The Labute approximate surface area is 90.8 Å². The van der Waals surface area contributed by atoms with Crippen molar-refractivity contribution >= 4 is 21.6 Å². The Kier molecular flexibility index (Phi) is 9.62. The third kappa shape index (κ3) is 10.5. The first-order valence-corrected chi connectivity index (χ1v) is 7.23. The molecule has 0 saturated heterocycles. The molecule has 0 spiro atoms. The van der Waals surface area contributed by atoms with Gasteiger partial charge in [0.2, 0.25) is 0 Å². The van der Waals surface area contributed by atoms with E-state index < -0.39 is 0 Å². The van der Waals surface area contributed by atoms with Gasteiger partial charge in [-0.05, 0) is 27.7 Å². The zero-order chi connectivity index (χ0) is 10.1. The predicted octanol–water partition coefficient (Wildman–Crippen LogP) is 1.88. The normalized spacial score (nSPS) is 11.5. The lowest BCUT2D eigenvalue weighted by Crippen LogP contribution is -2.20. The summed E-state index contributed by atoms with van der Waals surface area (Å²) in [5.41, 5.74) is 0. The molecule has 0 aliphatic heterocycles. The Morgan fingerprint density at radius 3 is 1.92 bits per heavy atom. The molecule has 0 unspecified atom stereocenters. The summed E-state index contributed by atoms with van der Waals surface area (Å²) >= 11 is 0. The van der Waals surface area contributed by atoms with Crippen LogP contribution in [0.25, 0.3) is 0 Å². The van der Waals surface area contributed by atoms with Crippen LogP contribution in [0, 0.1) is 0 Å². The third-order valence-electron chi connectivity index (χ3n) is 1.80. The molecule has 0 saturated carbocycles. The van der Waals surface area contributed by atoms with Crippen LogP contribution in [-0.4, -0.2) is 62.1 Å². The largest absolute Gasteiger partial charge is 0.309 e. The topological polar surface area (TPSA) is 6.48 Å². The van der Waals surface area contributed by atoms with Crippen molar-refractivity contribution in [3.05, 3.63) is 0 Å². The van der Waals surface area contributed by atoms with Crippen molar-refractivity contribution in [3.63, 3.8) is 0 Å². The molecule has 2 nitrogen and oxygen atoms in total. The van der Waals surface area contributed by atoms with Gasteiger partial charge in [0, 0.05) is 24.6 Å². The van der Waals surface area contributed by atoms with Crippen LogP contribution >= 0.6 is 21.6 Å². The summed E-state index contributed by atoms with van der Waals surface area (Å²) in [5.74, 6) is 2.47. The summed E-state index contributed by atoms with van der Waals surface area (Å²) in [6.45, 7) is 5.74. The number of nitrogens with zero attached hydrogens (tertiary/aromatic N) is 2. The van der Waals surface area contributed by atoms with Gasteiger partial charge in [0.1, 0.15) is 0 Å². The van der Waals surface area contributed by atoms with Gasteiger partial charge in [-0.2, -0.15) is 0 Å². The fourth-order valence-electron chi connectivity index (χ4n) is 0.689. The highest BCUT2D eigenvalue weighted by Crippen LogP contribution is 2.20. The van der Waals surface area contributed by atoms with E-state index in [1.165, 1.54) is 24.6 Å². The Bertz CT molecular complexity index is 110. The molecule has 0 aliphatic rings. The SMILES string of the molecule is CCN(C)CCSSCCN(C)C. The average Bonchev–Trinajstić information content (AvgIpc) is 2.10. The van der Waals surface area contributed by atoms with E-state index in [0.717, 1.165) is 6.54 Å². The minimum Gasteiger partial charge on any atom is -0.309 e. The first-order valence-electron chi connectivity index (χ1n) is 4.74. The van der Waals surface area contributed by atoms with Crippen LogP contribution in [0.15, 0.2) is 0 Å². The van der Waals surface area contributed by atoms with Crippen molar-refractivity contribution < 1.29 is 0 Å². The summed E-state index contributed by atoms with van der Waals surface area (Å²) in [7, 11) is 10.4. The molecule has 0 aromatic carbocycles. The highest BCUT2D eigenvalue weighted by atomic mass is 33.1. The first-order chi connectivity index (χ1) is 6.16. The molecule has 80 valence electrons. The summed E-state index contributed by atoms with van der Waals surface area (Å²) in [6.07, 6.45) is 0. The van der Waals surface area contributed by atoms with Gasteiger partial charge in [-0.15, -0.1) is 0 Å². The van der Waals surface area contributed by atoms with Crippen molar-refractivity contribution in [2.24, 2.45) is 0 Å². The Balaban J connectivity index is 2.99. The van der Waals surface area contributed by atoms with Crippen LogP contribution in [0.4, 0.5) is 0 Å². The molecular formula is C9H22N2S2. The zero-order valence-corrected chi connectivity index (χ0v) is 10.9. The lowest BCUT2D eigenvalue weighted by molar-refractivity contribution is 0.377. The molecule has 0 rings (SSSR count). The molecule has 4 heteroatoms. The van der Waals surface area contributed by atoms with Crippen molar-refractivity contribution in [3.8, 4) is 0 Å². The van der Waals surface area contributed by atoms with Gasteiger partial charge in [-0.25, -0.2) is 0 Å². The van der Waals surface area contributed by atoms with Gasteiger partial charge < -0.3 is 9.80 Å². The first kappa shape index (κ1) is 13.6. The number of hydrogen-bond acceptors (Lipinski definition) is 4. The quantitative estimate of drug-likeness (QED) is 0.457. The van der Waals surface area contributed by atoms with Gasteiger partial charge in [0.25, 0.3) is 0 Å². The molecule has 0 heterocycles. The summed E-state index contributed by atoms with van der Waals surface area (Å²) in [6, 6.07) is 0. The van der Waals surface area contributed by atoms with E-state index in [9.17, 15) is 0 Å². The van der Waals surface area contributed by atoms with Crippen LogP contribution in [0.5, 0.6) is 0 Å². The molecule has 0 radical (unpaired) electrons. The van der Waals surface area contributed by atoms with Gasteiger partial charge >= 0.3 is 0 Å². The van der Waals surface area contributed by atoms with Crippen LogP contribution in [0.1, 0.15) is 6.92 Å². The lowest BCUT2D eigenvalue weighted by atomic mass is 10.6. The Hall–Kier alpha value is 0.620. The molecule has 0 atom stereocenters. The van der Waals surface area contributed by atoms with Gasteiger partial charge in [0.15, 0.2) is 0 Å². The molecule has 0 bridgehead atoms. The maximum Gasteiger partial charge on any atom is 0.0165 e. The van der Waals surface area contributed by atoms with E-state index in [2.05, 4.69) is 37.9 Å². The molecule has 0 fully saturated rings. The molecule has 0 aromatic rings. The number of hydrogen-bond donors (Lipinski definition) is 0. The smallest absolute Gasteiger partial charge is 0.0165 e. The zero-order valence-electron chi connectivity index (χ0n) is 9.25. The van der Waals surface area contributed by atoms with E-state index in [-0.39, 0.29) is 0 Å². The Morgan fingerprint density at radius 2 is 1.46 bits per heavy atom. The lowest BCUT2D eigenvalue weighted by Gasteiger charge is -2.13. The minimum atomic E-state index is 1.16. The van der Waals surface area contributed by atoms with Crippen molar-refractivity contribution in [2.45, 2.75) is 6.92 Å². The predicted molar refractivity (Wildman–Crippen MR) is 66.6 cm³/mol. The summed E-state index contributed by atoms with van der Waals surface area (Å²) < 4.78 is 0. The van der Waals surface area contributed by atoms with E-state index in [1.54, 1.807) is 0 Å². The highest BCUT2D eigenvalue weighted by molar-refractivity contribution is 8.76. The van der Waals surface area contributed by atoms with Crippen LogP contribution in [0.2, 0.25) is 0 Å².